The molecule has 0 amide bonds. The van der Waals surface area contributed by atoms with Gasteiger partial charge in [0.1, 0.15) is 54.9 Å². The predicted octanol–water partition coefficient (Wildman–Crippen LogP) is 10.7. The molecule has 0 bridgehead atoms. The van der Waals surface area contributed by atoms with E-state index in [4.69, 9.17) is 28.4 Å². The Morgan fingerprint density at radius 3 is 1.32 bits per heavy atom. The molecule has 0 radical (unpaired) electrons. The van der Waals surface area contributed by atoms with Gasteiger partial charge in [-0.2, -0.15) is 0 Å². The maximum Gasteiger partial charge on any atom is 0.306 e. The fourth-order valence-electron chi connectivity index (χ4n) is 8.53. The summed E-state index contributed by atoms with van der Waals surface area (Å²) in [6, 6.07) is 0. The van der Waals surface area contributed by atoms with Gasteiger partial charge in [-0.25, -0.2) is 0 Å². The molecule has 0 spiro atoms. The summed E-state index contributed by atoms with van der Waals surface area (Å²) in [4.78, 5) is 13.1. The van der Waals surface area contributed by atoms with Gasteiger partial charge in [-0.3, -0.25) is 4.79 Å². The highest BCUT2D eigenvalue weighted by molar-refractivity contribution is 5.69. The Kier molecular flexibility index (Phi) is 44.0. The Bertz CT molecular complexity index is 1690. The third kappa shape index (κ3) is 35.1. The van der Waals surface area contributed by atoms with E-state index in [0.717, 1.165) is 96.3 Å². The monoisotopic (exact) mass is 1080 g/mol. The lowest BCUT2D eigenvalue weighted by Crippen LogP contribution is -2.61. The number of hydrogen-bond acceptors (Lipinski definition) is 14. The van der Waals surface area contributed by atoms with Crippen molar-refractivity contribution in [2.24, 2.45) is 0 Å². The number of allylic oxidation sites excluding steroid dienone is 18. The van der Waals surface area contributed by atoms with Crippen molar-refractivity contribution in [2.75, 3.05) is 33.0 Å². The van der Waals surface area contributed by atoms with Gasteiger partial charge in [0.05, 0.1) is 26.4 Å². The Morgan fingerprint density at radius 2 is 0.844 bits per heavy atom. The second-order valence-corrected chi connectivity index (χ2v) is 20.1. The van der Waals surface area contributed by atoms with E-state index in [-0.39, 0.29) is 19.6 Å². The van der Waals surface area contributed by atoms with E-state index in [2.05, 4.69) is 123 Å². The van der Waals surface area contributed by atoms with E-state index >= 15 is 0 Å². The number of carbonyl (C=O) groups excluding carboxylic acids is 1. The average molecular weight is 1090 g/mol. The molecule has 2 saturated heterocycles. The molecule has 14 nitrogen and oxygen atoms in total. The number of rotatable bonds is 46. The molecular formula is C63H104O14. The second-order valence-electron chi connectivity index (χ2n) is 20.1. The standard InChI is InChI=1S/C63H104O14/c1-3-5-7-9-11-13-15-17-19-21-23-25-27-29-31-33-35-37-39-41-43-45-47-72-49-52(50-73-62-61(71)59(69)57(67)54(77-62)51-74-63-60(70)58(68)56(66)53(48-64)76-63)75-55(65)46-44-42-40-38-36-34-32-30-28-26-24-22-20-18-16-14-12-10-8-6-4-2/h6,8,12,14-15,17-18,20-21,23-24,26-27,29-30,32,36,38,52-54,56-64,66-71H,3-5,7,9-11,13,16,19,22,25,28,31,33-35,37,39-51H2,1-2H3/b8-6-,14-12-,17-15-,20-18-,23-21-,26-24-,29-27-,32-30-,38-36-. The normalized spacial score (nSPS) is 25.1. The Hall–Kier alpha value is -3.35. The molecule has 0 aliphatic carbocycles. The van der Waals surface area contributed by atoms with Gasteiger partial charge in [-0.15, -0.1) is 0 Å². The summed E-state index contributed by atoms with van der Waals surface area (Å²) in [7, 11) is 0. The summed E-state index contributed by atoms with van der Waals surface area (Å²) in [5, 5.41) is 72.4. The summed E-state index contributed by atoms with van der Waals surface area (Å²) in [5.74, 6) is -0.425. The minimum atomic E-state index is -1.72. The number of carbonyl (C=O) groups is 1. The van der Waals surface area contributed by atoms with E-state index in [0.29, 0.717) is 13.0 Å². The number of ether oxygens (including phenoxy) is 6. The lowest BCUT2D eigenvalue weighted by molar-refractivity contribution is -0.332. The Balaban J connectivity index is 1.75. The average Bonchev–Trinajstić information content (AvgIpc) is 3.43. The highest BCUT2D eigenvalue weighted by Gasteiger charge is 2.47. The van der Waals surface area contributed by atoms with Crippen molar-refractivity contribution in [3.8, 4) is 0 Å². The third-order valence-corrected chi connectivity index (χ3v) is 13.3. The van der Waals surface area contributed by atoms with Crippen LogP contribution in [0.3, 0.4) is 0 Å². The third-order valence-electron chi connectivity index (χ3n) is 13.3. The van der Waals surface area contributed by atoms with Crippen LogP contribution in [0.2, 0.25) is 0 Å². The molecule has 0 saturated carbocycles. The molecule has 77 heavy (non-hydrogen) atoms. The van der Waals surface area contributed by atoms with Crippen LogP contribution in [0.25, 0.3) is 0 Å². The summed E-state index contributed by atoms with van der Waals surface area (Å²) < 4.78 is 34.3. The molecule has 2 heterocycles. The van der Waals surface area contributed by atoms with Crippen molar-refractivity contribution in [3.63, 3.8) is 0 Å². The SMILES string of the molecule is CC/C=C\C/C=C\C/C=C\C/C=C\C/C=C\C/C=C\CCCCC(=O)OC(COCCCCCCCCC/C=C\C/C=C\C/C=C\CCCCCCC)COC1OC(COC2OC(CO)C(O)C(O)C2O)C(O)C(O)C1O. The molecule has 0 aromatic heterocycles. The molecule has 2 aliphatic rings. The zero-order valence-corrected chi connectivity index (χ0v) is 47.2. The molecular weight excluding hydrogens is 981 g/mol. The van der Waals surface area contributed by atoms with E-state index in [9.17, 15) is 40.5 Å². The van der Waals surface area contributed by atoms with E-state index in [1.54, 1.807) is 0 Å². The van der Waals surface area contributed by atoms with Gasteiger partial charge in [0.2, 0.25) is 0 Å². The molecule has 0 aromatic rings. The van der Waals surface area contributed by atoms with Gasteiger partial charge in [0.15, 0.2) is 12.6 Å². The number of aliphatic hydroxyl groups excluding tert-OH is 7. The molecule has 11 unspecified atom stereocenters. The van der Waals surface area contributed by atoms with Crippen LogP contribution in [-0.2, 0) is 33.2 Å². The quantitative estimate of drug-likeness (QED) is 0.0172. The van der Waals surface area contributed by atoms with E-state index < -0.39 is 86.7 Å². The highest BCUT2D eigenvalue weighted by Crippen LogP contribution is 2.26. The Morgan fingerprint density at radius 1 is 0.442 bits per heavy atom. The first-order valence-electron chi connectivity index (χ1n) is 29.5. The molecule has 0 aromatic carbocycles. The number of esters is 1. The summed E-state index contributed by atoms with van der Waals surface area (Å²) >= 11 is 0. The predicted molar refractivity (Wildman–Crippen MR) is 307 cm³/mol. The van der Waals surface area contributed by atoms with Crippen molar-refractivity contribution in [2.45, 2.75) is 248 Å². The summed E-state index contributed by atoms with van der Waals surface area (Å²) in [6.45, 7) is 3.46. The van der Waals surface area contributed by atoms with Crippen LogP contribution in [0.5, 0.6) is 0 Å². The lowest BCUT2D eigenvalue weighted by Gasteiger charge is -2.42. The van der Waals surface area contributed by atoms with Crippen molar-refractivity contribution >= 4 is 5.97 Å². The van der Waals surface area contributed by atoms with Crippen LogP contribution >= 0.6 is 0 Å². The number of unbranched alkanes of at least 4 members (excludes halogenated alkanes) is 14. The zero-order chi connectivity index (χ0) is 55.8. The van der Waals surface area contributed by atoms with Crippen LogP contribution in [0, 0.1) is 0 Å². The van der Waals surface area contributed by atoms with Crippen LogP contribution in [0.4, 0.5) is 0 Å². The molecule has 2 rings (SSSR count). The smallest absolute Gasteiger partial charge is 0.306 e. The van der Waals surface area contributed by atoms with Gasteiger partial charge in [0, 0.05) is 13.0 Å². The fourth-order valence-corrected chi connectivity index (χ4v) is 8.53. The van der Waals surface area contributed by atoms with Crippen molar-refractivity contribution < 1.29 is 69.0 Å². The minimum absolute atomic E-state index is 0.0293. The largest absolute Gasteiger partial charge is 0.457 e. The molecule has 7 N–H and O–H groups in total. The number of hydrogen-bond donors (Lipinski definition) is 7. The van der Waals surface area contributed by atoms with Gasteiger partial charge >= 0.3 is 5.97 Å². The lowest BCUT2D eigenvalue weighted by atomic mass is 9.98. The van der Waals surface area contributed by atoms with Gasteiger partial charge in [0.25, 0.3) is 0 Å². The van der Waals surface area contributed by atoms with Gasteiger partial charge < -0.3 is 64.2 Å². The van der Waals surface area contributed by atoms with Crippen molar-refractivity contribution in [3.05, 3.63) is 109 Å². The van der Waals surface area contributed by atoms with Gasteiger partial charge in [-0.1, -0.05) is 181 Å². The second kappa shape index (κ2) is 48.5. The first-order valence-corrected chi connectivity index (χ1v) is 29.5. The van der Waals surface area contributed by atoms with Crippen molar-refractivity contribution in [1.29, 1.82) is 0 Å². The maximum atomic E-state index is 13.1. The zero-order valence-electron chi connectivity index (χ0n) is 47.2. The molecule has 440 valence electrons. The fraction of sp³-hybridized carbons (Fsp3) is 0.698. The first-order chi connectivity index (χ1) is 37.6. The summed E-state index contributed by atoms with van der Waals surface area (Å²) in [6.07, 6.45) is 50.0. The Labute approximate surface area is 464 Å². The van der Waals surface area contributed by atoms with E-state index in [1.165, 1.54) is 57.8 Å². The topological polar surface area (TPSA) is 214 Å². The van der Waals surface area contributed by atoms with Crippen LogP contribution in [-0.4, -0.2) is 142 Å². The molecule has 14 heteroatoms. The minimum Gasteiger partial charge on any atom is -0.457 e. The first kappa shape index (κ1) is 69.8. The highest BCUT2D eigenvalue weighted by atomic mass is 16.7. The van der Waals surface area contributed by atoms with Crippen LogP contribution in [0.1, 0.15) is 181 Å². The van der Waals surface area contributed by atoms with Crippen LogP contribution in [0.15, 0.2) is 109 Å². The maximum absolute atomic E-state index is 13.1. The molecule has 2 aliphatic heterocycles. The molecule has 2 fully saturated rings. The molecule has 11 atom stereocenters. The van der Waals surface area contributed by atoms with Crippen LogP contribution < -0.4 is 0 Å². The van der Waals surface area contributed by atoms with Crippen molar-refractivity contribution in [1.82, 2.24) is 0 Å². The number of aliphatic hydroxyl groups is 7. The summed E-state index contributed by atoms with van der Waals surface area (Å²) in [5.41, 5.74) is 0. The van der Waals surface area contributed by atoms with Gasteiger partial charge in [-0.05, 0) is 103 Å². The van der Waals surface area contributed by atoms with E-state index in [1.807, 2.05) is 0 Å².